The molecule has 0 heterocycles. The lowest BCUT2D eigenvalue weighted by Gasteiger charge is -2.01. The van der Waals surface area contributed by atoms with Crippen molar-refractivity contribution in [2.24, 2.45) is 0 Å². The molecule has 0 rings (SSSR count). The van der Waals surface area contributed by atoms with Gasteiger partial charge in [0.25, 0.3) is 0 Å². The molecule has 0 aliphatic heterocycles. The van der Waals surface area contributed by atoms with Crippen LogP contribution in [0.2, 0.25) is 0 Å². The van der Waals surface area contributed by atoms with E-state index in [2.05, 4.69) is 36.7 Å². The van der Waals surface area contributed by atoms with Crippen LogP contribution in [0, 0.1) is 0 Å². The standard InChI is InChI=1S/C4H8O7/c1-4(2)3-6-8-10-11-9-7-5/h5H,1,3H2,2H3/p-1. The summed E-state index contributed by atoms with van der Waals surface area (Å²) in [4.78, 5) is 4.26. The van der Waals surface area contributed by atoms with Gasteiger partial charge >= 0.3 is 0 Å². The van der Waals surface area contributed by atoms with E-state index < -0.39 is 0 Å². The van der Waals surface area contributed by atoms with Crippen LogP contribution in [0.3, 0.4) is 0 Å². The van der Waals surface area contributed by atoms with Gasteiger partial charge in [-0.1, -0.05) is 12.2 Å². The molecule has 0 aromatic rings. The highest BCUT2D eigenvalue weighted by atomic mass is 17.9. The zero-order valence-electron chi connectivity index (χ0n) is 5.77. The molecule has 0 saturated heterocycles. The van der Waals surface area contributed by atoms with Gasteiger partial charge in [0.1, 0.15) is 6.61 Å². The first kappa shape index (κ1) is 10.5. The molecule has 0 fully saturated rings. The topological polar surface area (TPSA) is 78.4 Å². The molecule has 66 valence electrons. The Morgan fingerprint density at radius 1 is 1.27 bits per heavy atom. The first-order valence-corrected chi connectivity index (χ1v) is 2.50. The van der Waals surface area contributed by atoms with Crippen LogP contribution in [0.15, 0.2) is 12.2 Å². The Hall–Kier alpha value is -0.540. The second-order valence-corrected chi connectivity index (χ2v) is 1.56. The maximum absolute atomic E-state index is 9.03. The van der Waals surface area contributed by atoms with Crippen LogP contribution in [-0.2, 0) is 30.1 Å². The van der Waals surface area contributed by atoms with Gasteiger partial charge in [-0.05, 0) is 27.1 Å². The van der Waals surface area contributed by atoms with Crippen LogP contribution < -0.4 is 5.26 Å². The molecule has 7 heteroatoms. The maximum atomic E-state index is 9.03. The molecule has 0 aliphatic rings. The molecule has 11 heavy (non-hydrogen) atoms. The van der Waals surface area contributed by atoms with E-state index in [0.29, 0.717) is 0 Å². The second-order valence-electron chi connectivity index (χ2n) is 1.56. The van der Waals surface area contributed by atoms with Gasteiger partial charge in [0.15, 0.2) is 0 Å². The summed E-state index contributed by atoms with van der Waals surface area (Å²) in [5.74, 6) is 0. The molecule has 0 aliphatic carbocycles. The lowest BCUT2D eigenvalue weighted by Crippen LogP contribution is -2.08. The predicted molar refractivity (Wildman–Crippen MR) is 26.2 cm³/mol. The molecular formula is C4H7O7-. The molecule has 0 saturated carbocycles. The number of hydrogen-bond donors (Lipinski definition) is 0. The Morgan fingerprint density at radius 2 is 1.91 bits per heavy atom. The van der Waals surface area contributed by atoms with Crippen molar-refractivity contribution in [2.75, 3.05) is 6.61 Å². The Balaban J connectivity index is 2.85. The van der Waals surface area contributed by atoms with Gasteiger partial charge in [-0.2, -0.15) is 4.89 Å². The third kappa shape index (κ3) is 9.46. The van der Waals surface area contributed by atoms with E-state index in [1.54, 1.807) is 6.92 Å². The summed E-state index contributed by atoms with van der Waals surface area (Å²) in [7, 11) is 0. The minimum atomic E-state index is 0.127. The quantitative estimate of drug-likeness (QED) is 0.219. The molecule has 0 unspecified atom stereocenters. The molecule has 7 nitrogen and oxygen atoms in total. The number of hydrogen-bond acceptors (Lipinski definition) is 7. The predicted octanol–water partition coefficient (Wildman–Crippen LogP) is -0.488. The molecular weight excluding hydrogens is 160 g/mol. The van der Waals surface area contributed by atoms with E-state index in [4.69, 9.17) is 5.26 Å². The maximum Gasteiger partial charge on any atom is 0.106 e. The highest BCUT2D eigenvalue weighted by molar-refractivity contribution is 4.86. The van der Waals surface area contributed by atoms with Crippen LogP contribution >= 0.6 is 0 Å². The van der Waals surface area contributed by atoms with Gasteiger partial charge in [-0.25, -0.2) is 0 Å². The minimum absolute atomic E-state index is 0.127. The SMILES string of the molecule is C=C(C)COOOOOO[O-]. The Bertz CT molecular complexity index is 103. The fourth-order valence-corrected chi connectivity index (χ4v) is 0.178. The Morgan fingerprint density at radius 3 is 2.45 bits per heavy atom. The zero-order chi connectivity index (χ0) is 8.53. The first-order valence-electron chi connectivity index (χ1n) is 2.50. The van der Waals surface area contributed by atoms with Crippen LogP contribution in [0.5, 0.6) is 0 Å². The molecule has 0 aromatic carbocycles. The van der Waals surface area contributed by atoms with E-state index >= 15 is 0 Å². The average Bonchev–Trinajstić information content (AvgIpc) is 1.96. The summed E-state index contributed by atoms with van der Waals surface area (Å²) in [6.07, 6.45) is 0. The fourth-order valence-electron chi connectivity index (χ4n) is 0.178. The summed E-state index contributed by atoms with van der Waals surface area (Å²) >= 11 is 0. The van der Waals surface area contributed by atoms with Gasteiger partial charge in [0.05, 0.1) is 0 Å². The first-order chi connectivity index (χ1) is 5.27. The van der Waals surface area contributed by atoms with Crippen molar-refractivity contribution in [1.29, 1.82) is 0 Å². The van der Waals surface area contributed by atoms with E-state index in [1.807, 2.05) is 0 Å². The largest absolute Gasteiger partial charge is 0.689 e. The zero-order valence-corrected chi connectivity index (χ0v) is 5.77. The summed E-state index contributed by atoms with van der Waals surface area (Å²) in [6, 6.07) is 0. The minimum Gasteiger partial charge on any atom is -0.689 e. The van der Waals surface area contributed by atoms with Gasteiger partial charge in [0.2, 0.25) is 0 Å². The highest BCUT2D eigenvalue weighted by Crippen LogP contribution is 1.90. The van der Waals surface area contributed by atoms with Gasteiger partial charge < -0.3 is 5.26 Å². The summed E-state index contributed by atoms with van der Waals surface area (Å²) in [5.41, 5.74) is 0.717. The van der Waals surface area contributed by atoms with E-state index in [-0.39, 0.29) is 6.61 Å². The van der Waals surface area contributed by atoms with Crippen LogP contribution in [0.4, 0.5) is 0 Å². The molecule has 0 bridgehead atoms. The van der Waals surface area contributed by atoms with Crippen molar-refractivity contribution in [2.45, 2.75) is 6.92 Å². The summed E-state index contributed by atoms with van der Waals surface area (Å²) < 4.78 is 0. The van der Waals surface area contributed by atoms with E-state index in [0.717, 1.165) is 5.57 Å². The summed E-state index contributed by atoms with van der Waals surface area (Å²) in [6.45, 7) is 5.32. The van der Waals surface area contributed by atoms with Crippen molar-refractivity contribution in [3.8, 4) is 0 Å². The average molecular weight is 167 g/mol. The molecule has 0 aromatic heterocycles. The van der Waals surface area contributed by atoms with Gasteiger partial charge in [-0.15, -0.1) is 0 Å². The molecule has 0 amide bonds. The molecule has 0 N–H and O–H groups in total. The lowest BCUT2D eigenvalue weighted by molar-refractivity contribution is -0.898. The second kappa shape index (κ2) is 7.57. The van der Waals surface area contributed by atoms with Gasteiger partial charge in [0, 0.05) is 0 Å². The third-order valence-electron chi connectivity index (χ3n) is 0.465. The lowest BCUT2D eigenvalue weighted by atomic mass is 10.4. The van der Waals surface area contributed by atoms with E-state index in [9.17, 15) is 0 Å². The van der Waals surface area contributed by atoms with Crippen molar-refractivity contribution in [1.82, 2.24) is 0 Å². The van der Waals surface area contributed by atoms with Crippen LogP contribution in [0.1, 0.15) is 6.92 Å². The van der Waals surface area contributed by atoms with Crippen molar-refractivity contribution >= 4 is 0 Å². The van der Waals surface area contributed by atoms with Crippen molar-refractivity contribution in [3.63, 3.8) is 0 Å². The summed E-state index contributed by atoms with van der Waals surface area (Å²) in [5, 5.41) is 25.9. The molecule has 0 radical (unpaired) electrons. The van der Waals surface area contributed by atoms with Crippen molar-refractivity contribution < 1.29 is 35.3 Å². The van der Waals surface area contributed by atoms with Crippen LogP contribution in [0.25, 0.3) is 0 Å². The fraction of sp³-hybridized carbons (Fsp3) is 0.500. The Labute approximate surface area is 62.2 Å². The van der Waals surface area contributed by atoms with Gasteiger partial charge in [-0.3, -0.25) is 5.04 Å². The smallest absolute Gasteiger partial charge is 0.106 e. The van der Waals surface area contributed by atoms with E-state index in [1.165, 1.54) is 0 Å². The van der Waals surface area contributed by atoms with Crippen molar-refractivity contribution in [3.05, 3.63) is 12.2 Å². The Kier molecular flexibility index (Phi) is 7.19. The number of rotatable bonds is 7. The molecule has 0 spiro atoms. The normalized spacial score (nSPS) is 10.0. The monoisotopic (exact) mass is 167 g/mol. The highest BCUT2D eigenvalue weighted by Gasteiger charge is 1.90. The van der Waals surface area contributed by atoms with Crippen LogP contribution in [-0.4, -0.2) is 6.61 Å². The molecule has 0 atom stereocenters. The third-order valence-corrected chi connectivity index (χ3v) is 0.465.